The number of quaternary nitrogens is 1. The van der Waals surface area contributed by atoms with Gasteiger partial charge >= 0.3 is 0 Å². The molecule has 4 nitrogen and oxygen atoms in total. The van der Waals surface area contributed by atoms with Crippen molar-refractivity contribution in [1.82, 2.24) is 0 Å². The monoisotopic (exact) mass is 568 g/mol. The van der Waals surface area contributed by atoms with Gasteiger partial charge in [-0.05, 0) is 49.5 Å². The highest BCUT2D eigenvalue weighted by Crippen LogP contribution is 2.33. The summed E-state index contributed by atoms with van der Waals surface area (Å²) < 4.78 is 12.0. The van der Waals surface area contributed by atoms with Crippen LogP contribution in [0.2, 0.25) is 0 Å². The largest absolute Gasteiger partial charge is 0.482 e. The van der Waals surface area contributed by atoms with Crippen molar-refractivity contribution < 1.29 is 18.8 Å². The van der Waals surface area contributed by atoms with Gasteiger partial charge in [0.1, 0.15) is 13.1 Å². The van der Waals surface area contributed by atoms with Gasteiger partial charge in [-0.15, -0.1) is 0 Å². The van der Waals surface area contributed by atoms with Gasteiger partial charge in [-0.3, -0.25) is 9.28 Å². The van der Waals surface area contributed by atoms with Crippen molar-refractivity contribution in [3.05, 3.63) is 83.2 Å². The summed E-state index contributed by atoms with van der Waals surface area (Å²) in [6.45, 7) is 25.6. The number of carbonyl (C=O) groups excluding carboxylic acids is 1. The number of hydrogen-bond acceptors (Lipinski definition) is 3. The van der Waals surface area contributed by atoms with Crippen LogP contribution >= 0.6 is 0 Å². The van der Waals surface area contributed by atoms with E-state index in [4.69, 9.17) is 9.47 Å². The van der Waals surface area contributed by atoms with Gasteiger partial charge in [-0.1, -0.05) is 122 Å². The van der Waals surface area contributed by atoms with Gasteiger partial charge < -0.3 is 9.47 Å². The zero-order valence-corrected chi connectivity index (χ0v) is 28.5. The van der Waals surface area contributed by atoms with Crippen LogP contribution in [0.4, 0.5) is 0 Å². The van der Waals surface area contributed by atoms with E-state index >= 15 is 0 Å². The number of methoxy groups -OCH3 is 1. The maximum atomic E-state index is 11.8. The quantitative estimate of drug-likeness (QED) is 0.151. The van der Waals surface area contributed by atoms with Gasteiger partial charge in [0.15, 0.2) is 18.2 Å². The first-order valence-corrected chi connectivity index (χ1v) is 15.6. The SMILES string of the molecule is CC.CC(C)(C)c1ccccc1.CC(C)C.COC[N+]1(/C(C)=C(\OC2CCCC2)C(C)=O)CC1.Cc1ccccc1. The third-order valence-electron chi connectivity index (χ3n) is 6.67. The highest BCUT2D eigenvalue weighted by Gasteiger charge is 2.47. The molecule has 2 fully saturated rings. The van der Waals surface area contributed by atoms with Crippen LogP contribution in [0.3, 0.4) is 0 Å². The molecule has 0 N–H and O–H groups in total. The molecule has 2 aliphatic rings. The molecule has 1 saturated heterocycles. The maximum absolute atomic E-state index is 11.8. The standard InChI is InChI=1S/C14H24NO3.C10H14.C7H8.C4H10.C2H6/c1-11(15(8-9-15)10-17-3)14(12(2)16)18-13-6-4-5-7-13;1-10(2,3)9-7-5-4-6-8-9;1-7-5-3-2-4-6-7;1-4(2)3;1-2/h13H,4-10H2,1-3H3;4-8H,1-3H3;2-6H,1H3;4H,1-3H3;1-2H3/q+1;;;;/b14-11-;;;;. The second kappa shape index (κ2) is 20.4. The van der Waals surface area contributed by atoms with E-state index in [1.54, 1.807) is 14.0 Å². The Morgan fingerprint density at radius 3 is 1.61 bits per heavy atom. The van der Waals surface area contributed by atoms with Crippen LogP contribution in [-0.4, -0.2) is 43.3 Å². The van der Waals surface area contributed by atoms with Gasteiger partial charge in [-0.2, -0.15) is 0 Å². The van der Waals surface area contributed by atoms with Crippen molar-refractivity contribution in [3.63, 3.8) is 0 Å². The zero-order valence-electron chi connectivity index (χ0n) is 28.5. The van der Waals surface area contributed by atoms with Crippen LogP contribution in [0.25, 0.3) is 0 Å². The molecule has 0 radical (unpaired) electrons. The van der Waals surface area contributed by atoms with E-state index in [0.717, 1.165) is 42.0 Å². The Morgan fingerprint density at radius 2 is 1.32 bits per heavy atom. The lowest BCUT2D eigenvalue weighted by atomic mass is 9.87. The molecule has 4 heteroatoms. The minimum absolute atomic E-state index is 0.0416. The Hall–Kier alpha value is -2.43. The lowest BCUT2D eigenvalue weighted by Crippen LogP contribution is -2.29. The van der Waals surface area contributed by atoms with Crippen LogP contribution in [0.1, 0.15) is 106 Å². The molecule has 2 aromatic rings. The molecule has 0 amide bonds. The summed E-state index contributed by atoms with van der Waals surface area (Å²) in [7, 11) is 1.71. The lowest BCUT2D eigenvalue weighted by molar-refractivity contribution is -0.784. The number of nitrogens with zero attached hydrogens (tertiary/aromatic N) is 1. The minimum atomic E-state index is 0.0416. The van der Waals surface area contributed by atoms with Crippen LogP contribution in [0.5, 0.6) is 0 Å². The first-order chi connectivity index (χ1) is 19.3. The Balaban J connectivity index is 0.000000585. The summed E-state index contributed by atoms with van der Waals surface area (Å²) in [6.07, 6.45) is 4.82. The van der Waals surface area contributed by atoms with Gasteiger partial charge in [0.25, 0.3) is 0 Å². The van der Waals surface area contributed by atoms with Gasteiger partial charge in [0.05, 0.1) is 6.10 Å². The number of carbonyl (C=O) groups is 1. The van der Waals surface area contributed by atoms with Crippen molar-refractivity contribution >= 4 is 5.78 Å². The number of aryl methyl sites for hydroxylation is 1. The van der Waals surface area contributed by atoms with Crippen LogP contribution in [0, 0.1) is 12.8 Å². The molecule has 0 bridgehead atoms. The lowest BCUT2D eigenvalue weighted by Gasteiger charge is -2.22. The number of rotatable bonds is 6. The second-order valence-corrected chi connectivity index (χ2v) is 12.5. The van der Waals surface area contributed by atoms with E-state index in [1.165, 1.54) is 24.0 Å². The molecule has 0 spiro atoms. The highest BCUT2D eigenvalue weighted by atomic mass is 16.5. The number of ether oxygens (including phenoxy) is 2. The van der Waals surface area contributed by atoms with Crippen molar-refractivity contribution in [3.8, 4) is 0 Å². The summed E-state index contributed by atoms with van der Waals surface area (Å²) in [5.74, 6) is 1.45. The van der Waals surface area contributed by atoms with Crippen molar-refractivity contribution in [2.45, 2.75) is 113 Å². The van der Waals surface area contributed by atoms with E-state index in [0.29, 0.717) is 17.9 Å². The molecule has 0 unspecified atom stereocenters. The number of Topliss-reactive ketones (excluding diaryl/α,β-unsaturated/α-hetero) is 1. The summed E-state index contributed by atoms with van der Waals surface area (Å²) >= 11 is 0. The molecule has 1 saturated carbocycles. The summed E-state index contributed by atoms with van der Waals surface area (Å²) in [6, 6.07) is 20.8. The van der Waals surface area contributed by atoms with Gasteiger partial charge in [0, 0.05) is 21.0 Å². The summed E-state index contributed by atoms with van der Waals surface area (Å²) in [5.41, 5.74) is 4.05. The Kier molecular flexibility index (Phi) is 19.2. The Morgan fingerprint density at radius 1 is 0.878 bits per heavy atom. The van der Waals surface area contributed by atoms with E-state index in [-0.39, 0.29) is 11.9 Å². The average Bonchev–Trinajstić information content (AvgIpc) is 3.53. The second-order valence-electron chi connectivity index (χ2n) is 12.5. The summed E-state index contributed by atoms with van der Waals surface area (Å²) in [5, 5.41) is 0. The first kappa shape index (κ1) is 38.6. The normalized spacial score (nSPS) is 15.7. The van der Waals surface area contributed by atoms with Crippen LogP contribution in [-0.2, 0) is 19.7 Å². The Bertz CT molecular complexity index is 962. The summed E-state index contributed by atoms with van der Waals surface area (Å²) in [4.78, 5) is 11.8. The van der Waals surface area contributed by atoms with Crippen molar-refractivity contribution in [2.75, 3.05) is 26.9 Å². The number of ketones is 1. The fourth-order valence-electron chi connectivity index (χ4n) is 4.21. The highest BCUT2D eigenvalue weighted by molar-refractivity contribution is 5.91. The molecule has 1 heterocycles. The minimum Gasteiger partial charge on any atom is -0.482 e. The van der Waals surface area contributed by atoms with Crippen molar-refractivity contribution in [1.29, 1.82) is 0 Å². The first-order valence-electron chi connectivity index (χ1n) is 15.6. The van der Waals surface area contributed by atoms with Gasteiger partial charge in [-0.25, -0.2) is 0 Å². The smallest absolute Gasteiger partial charge is 0.219 e. The van der Waals surface area contributed by atoms with E-state index < -0.39 is 0 Å². The maximum Gasteiger partial charge on any atom is 0.219 e. The molecule has 2 aromatic carbocycles. The predicted molar refractivity (Wildman–Crippen MR) is 177 cm³/mol. The fourth-order valence-corrected chi connectivity index (χ4v) is 4.21. The van der Waals surface area contributed by atoms with Crippen LogP contribution in [0.15, 0.2) is 72.1 Å². The fraction of sp³-hybridized carbons (Fsp3) is 0.595. The van der Waals surface area contributed by atoms with Crippen molar-refractivity contribution in [2.24, 2.45) is 5.92 Å². The molecule has 1 aliphatic carbocycles. The topological polar surface area (TPSA) is 35.5 Å². The third-order valence-corrected chi connectivity index (χ3v) is 6.67. The zero-order chi connectivity index (χ0) is 31.5. The average molecular weight is 569 g/mol. The molecule has 4 rings (SSSR count). The predicted octanol–water partition coefficient (Wildman–Crippen LogP) is 9.87. The molecule has 0 atom stereocenters. The number of allylic oxidation sites excluding steroid dienone is 2. The number of hydrogen-bond donors (Lipinski definition) is 0. The molecular weight excluding hydrogens is 506 g/mol. The molecule has 232 valence electrons. The van der Waals surface area contributed by atoms with Crippen LogP contribution < -0.4 is 0 Å². The van der Waals surface area contributed by atoms with E-state index in [1.807, 2.05) is 39.0 Å². The third kappa shape index (κ3) is 16.6. The molecule has 1 aliphatic heterocycles. The molecule has 41 heavy (non-hydrogen) atoms. The number of benzene rings is 2. The molecular formula is C37H62NO3+. The van der Waals surface area contributed by atoms with E-state index in [9.17, 15) is 4.79 Å². The molecule has 0 aromatic heterocycles. The van der Waals surface area contributed by atoms with Gasteiger partial charge in [0.2, 0.25) is 5.76 Å². The van der Waals surface area contributed by atoms with E-state index in [2.05, 4.69) is 90.9 Å². The Labute approximate surface area is 253 Å².